The van der Waals surface area contributed by atoms with Crippen LogP contribution in [0, 0.1) is 10.1 Å². The number of rotatable bonds is 5. The first-order valence-electron chi connectivity index (χ1n) is 7.86. The van der Waals surface area contributed by atoms with E-state index in [9.17, 15) is 19.7 Å². The zero-order valence-corrected chi connectivity index (χ0v) is 14.2. The highest BCUT2D eigenvalue weighted by Gasteiger charge is 2.30. The summed E-state index contributed by atoms with van der Waals surface area (Å²) in [5.74, 6) is -0.165. The van der Waals surface area contributed by atoms with Crippen molar-refractivity contribution >= 4 is 39.7 Å². The van der Waals surface area contributed by atoms with Crippen molar-refractivity contribution in [2.45, 2.75) is 18.8 Å². The van der Waals surface area contributed by atoms with Gasteiger partial charge in [0.2, 0.25) is 11.0 Å². The van der Waals surface area contributed by atoms with E-state index in [0.717, 1.165) is 17.8 Å². The molecule has 134 valence electrons. The Morgan fingerprint density at radius 2 is 2.23 bits per heavy atom. The third-order valence-corrected chi connectivity index (χ3v) is 5.01. The van der Waals surface area contributed by atoms with Gasteiger partial charge in [-0.25, -0.2) is 0 Å². The maximum absolute atomic E-state index is 12.3. The van der Waals surface area contributed by atoms with Crippen LogP contribution in [-0.4, -0.2) is 40.1 Å². The predicted molar refractivity (Wildman–Crippen MR) is 91.5 cm³/mol. The van der Waals surface area contributed by atoms with Crippen molar-refractivity contribution in [3.8, 4) is 5.75 Å². The van der Waals surface area contributed by atoms with Crippen molar-refractivity contribution in [3.63, 3.8) is 0 Å². The van der Waals surface area contributed by atoms with E-state index in [2.05, 4.69) is 15.5 Å². The summed E-state index contributed by atoms with van der Waals surface area (Å²) < 4.78 is 5.27. The fourth-order valence-corrected chi connectivity index (χ4v) is 3.49. The first kappa shape index (κ1) is 16.4. The summed E-state index contributed by atoms with van der Waals surface area (Å²) in [4.78, 5) is 36.0. The Labute approximate surface area is 150 Å². The number of non-ortho nitro benzene ring substituents is 1. The van der Waals surface area contributed by atoms with Gasteiger partial charge in [0.15, 0.2) is 6.61 Å². The van der Waals surface area contributed by atoms with Crippen molar-refractivity contribution in [3.05, 3.63) is 33.3 Å². The number of ether oxygens (including phenoxy) is 1. The summed E-state index contributed by atoms with van der Waals surface area (Å²) in [5, 5.41) is 22.8. The van der Waals surface area contributed by atoms with E-state index in [1.807, 2.05) is 0 Å². The Kier molecular flexibility index (Phi) is 3.99. The Balaban J connectivity index is 1.51. The van der Waals surface area contributed by atoms with E-state index in [1.54, 1.807) is 0 Å². The number of benzene rings is 1. The van der Waals surface area contributed by atoms with Gasteiger partial charge in [-0.1, -0.05) is 11.3 Å². The molecule has 2 heterocycles. The average Bonchev–Trinajstić information content (AvgIpc) is 3.37. The molecule has 0 saturated heterocycles. The molecule has 2 aliphatic rings. The fourth-order valence-electron chi connectivity index (χ4n) is 2.56. The molecule has 26 heavy (non-hydrogen) atoms. The van der Waals surface area contributed by atoms with Crippen LogP contribution in [0.15, 0.2) is 18.2 Å². The van der Waals surface area contributed by atoms with Crippen LogP contribution in [-0.2, 0) is 9.59 Å². The lowest BCUT2D eigenvalue weighted by atomic mass is 10.2. The van der Waals surface area contributed by atoms with Gasteiger partial charge < -0.3 is 4.74 Å². The molecule has 1 aliphatic heterocycles. The van der Waals surface area contributed by atoms with Crippen molar-refractivity contribution < 1.29 is 19.2 Å². The number of nitrogens with one attached hydrogen (secondary N) is 1. The number of amides is 2. The number of hydrogen-bond acceptors (Lipinski definition) is 8. The van der Waals surface area contributed by atoms with Crippen molar-refractivity contribution in [1.29, 1.82) is 0 Å². The number of nitro groups is 1. The lowest BCUT2D eigenvalue weighted by molar-refractivity contribution is -0.384. The molecule has 0 radical (unpaired) electrons. The normalized spacial score (nSPS) is 16.0. The minimum Gasteiger partial charge on any atom is -0.482 e. The summed E-state index contributed by atoms with van der Waals surface area (Å²) in [6, 6.07) is 3.92. The van der Waals surface area contributed by atoms with Crippen molar-refractivity contribution in [2.24, 2.45) is 0 Å². The van der Waals surface area contributed by atoms with Crippen molar-refractivity contribution in [2.75, 3.05) is 23.4 Å². The standard InChI is InChI=1S/C15H13N5O5S/c21-12(16-15-18-17-14(26-15)8-1-2-8)6-19-10-5-9(20(23)24)3-4-11(10)25-7-13(19)22/h3-5,8H,1-2,6-7H2,(H,16,18,21). The minimum atomic E-state index is -0.571. The molecule has 4 rings (SSSR count). The SMILES string of the molecule is O=C(CN1C(=O)COc2ccc([N+](=O)[O-])cc21)Nc1nnc(C2CC2)s1. The molecule has 1 aromatic heterocycles. The van der Waals surface area contributed by atoms with E-state index in [4.69, 9.17) is 4.74 Å². The van der Waals surface area contributed by atoms with E-state index in [0.29, 0.717) is 16.8 Å². The fraction of sp³-hybridized carbons (Fsp3) is 0.333. The summed E-state index contributed by atoms with van der Waals surface area (Å²) in [6.07, 6.45) is 2.17. The molecule has 2 aromatic rings. The number of carbonyl (C=O) groups is 2. The van der Waals surface area contributed by atoms with E-state index < -0.39 is 16.7 Å². The van der Waals surface area contributed by atoms with Crippen LogP contribution >= 0.6 is 11.3 Å². The molecule has 11 heteroatoms. The Bertz CT molecular complexity index is 910. The molecule has 0 bridgehead atoms. The third kappa shape index (κ3) is 3.20. The summed E-state index contributed by atoms with van der Waals surface area (Å²) in [7, 11) is 0. The highest BCUT2D eigenvalue weighted by molar-refractivity contribution is 7.15. The lowest BCUT2D eigenvalue weighted by Gasteiger charge is -2.28. The van der Waals surface area contributed by atoms with Gasteiger partial charge in [0.25, 0.3) is 11.6 Å². The van der Waals surface area contributed by atoms with Crippen LogP contribution < -0.4 is 15.0 Å². The van der Waals surface area contributed by atoms with Gasteiger partial charge in [-0.05, 0) is 18.9 Å². The summed E-state index contributed by atoms with van der Waals surface area (Å²) in [5.41, 5.74) is 0.00666. The molecule has 1 aromatic carbocycles. The topological polar surface area (TPSA) is 128 Å². The predicted octanol–water partition coefficient (Wildman–Crippen LogP) is 1.69. The van der Waals surface area contributed by atoms with Gasteiger partial charge in [0.05, 0.1) is 10.6 Å². The molecule has 0 unspecified atom stereocenters. The number of hydrogen-bond donors (Lipinski definition) is 1. The first-order chi connectivity index (χ1) is 12.5. The van der Waals surface area contributed by atoms with Gasteiger partial charge in [0.1, 0.15) is 17.3 Å². The molecule has 1 aliphatic carbocycles. The van der Waals surface area contributed by atoms with Crippen LogP contribution in [0.3, 0.4) is 0 Å². The number of aromatic nitrogens is 2. The van der Waals surface area contributed by atoms with Gasteiger partial charge >= 0.3 is 0 Å². The highest BCUT2D eigenvalue weighted by Crippen LogP contribution is 2.42. The Morgan fingerprint density at radius 1 is 1.42 bits per heavy atom. The number of nitro benzene ring substituents is 1. The monoisotopic (exact) mass is 375 g/mol. The quantitative estimate of drug-likeness (QED) is 0.622. The second kappa shape index (κ2) is 6.33. The zero-order chi connectivity index (χ0) is 18.3. The smallest absolute Gasteiger partial charge is 0.271 e. The van der Waals surface area contributed by atoms with Gasteiger partial charge in [-0.2, -0.15) is 0 Å². The zero-order valence-electron chi connectivity index (χ0n) is 13.4. The molecular formula is C15H13N5O5S. The maximum atomic E-state index is 12.3. The van der Waals surface area contributed by atoms with Crippen LogP contribution in [0.25, 0.3) is 0 Å². The first-order valence-corrected chi connectivity index (χ1v) is 8.68. The van der Waals surface area contributed by atoms with E-state index in [1.165, 1.54) is 34.4 Å². The second-order valence-electron chi connectivity index (χ2n) is 5.95. The second-order valence-corrected chi connectivity index (χ2v) is 6.95. The Hall–Kier alpha value is -3.08. The number of anilines is 2. The number of carbonyl (C=O) groups excluding carboxylic acids is 2. The highest BCUT2D eigenvalue weighted by atomic mass is 32.1. The van der Waals surface area contributed by atoms with Crippen LogP contribution in [0.4, 0.5) is 16.5 Å². The van der Waals surface area contributed by atoms with Crippen LogP contribution in [0.1, 0.15) is 23.8 Å². The van der Waals surface area contributed by atoms with Crippen molar-refractivity contribution in [1.82, 2.24) is 10.2 Å². The maximum Gasteiger partial charge on any atom is 0.271 e. The lowest BCUT2D eigenvalue weighted by Crippen LogP contribution is -2.43. The molecule has 10 nitrogen and oxygen atoms in total. The molecule has 0 atom stereocenters. The van der Waals surface area contributed by atoms with Gasteiger partial charge in [-0.15, -0.1) is 10.2 Å². The number of nitrogens with zero attached hydrogens (tertiary/aromatic N) is 4. The molecule has 0 spiro atoms. The van der Waals surface area contributed by atoms with Gasteiger partial charge in [0, 0.05) is 18.1 Å². The molecule has 1 fully saturated rings. The van der Waals surface area contributed by atoms with Crippen LogP contribution in [0.2, 0.25) is 0 Å². The minimum absolute atomic E-state index is 0.189. The van der Waals surface area contributed by atoms with E-state index >= 15 is 0 Å². The summed E-state index contributed by atoms with van der Waals surface area (Å²) >= 11 is 1.31. The Morgan fingerprint density at radius 3 is 2.96 bits per heavy atom. The average molecular weight is 375 g/mol. The van der Waals surface area contributed by atoms with E-state index in [-0.39, 0.29) is 24.5 Å². The summed E-state index contributed by atoms with van der Waals surface area (Å²) in [6.45, 7) is -0.530. The largest absolute Gasteiger partial charge is 0.482 e. The molecule has 1 N–H and O–H groups in total. The molecule has 1 saturated carbocycles. The van der Waals surface area contributed by atoms with Gasteiger partial charge in [-0.3, -0.25) is 29.9 Å². The third-order valence-electron chi connectivity index (χ3n) is 4.01. The molecule has 2 amide bonds. The van der Waals surface area contributed by atoms with Crippen LogP contribution in [0.5, 0.6) is 5.75 Å². The molecular weight excluding hydrogens is 362 g/mol. The number of fused-ring (bicyclic) bond motifs is 1.